The summed E-state index contributed by atoms with van der Waals surface area (Å²) < 4.78 is 21.9. The number of fused-ring (bicyclic) bond motifs is 1. The maximum absolute atomic E-state index is 5.54. The fraction of sp³-hybridized carbons (Fsp3) is 0.364. The van der Waals surface area contributed by atoms with E-state index in [-0.39, 0.29) is 5.92 Å². The molecule has 0 aliphatic heterocycles. The second kappa shape index (κ2) is 7.32. The minimum absolute atomic E-state index is 0.203. The normalized spacial score (nSPS) is 18.6. The van der Waals surface area contributed by atoms with Gasteiger partial charge in [-0.05, 0) is 53.8 Å². The third kappa shape index (κ3) is 3.00. The maximum atomic E-state index is 5.54. The van der Waals surface area contributed by atoms with Gasteiger partial charge >= 0.3 is 0 Å². The molecule has 1 aliphatic rings. The first-order valence-electron chi connectivity index (χ1n) is 8.70. The van der Waals surface area contributed by atoms with Gasteiger partial charge < -0.3 is 18.9 Å². The van der Waals surface area contributed by atoms with Crippen LogP contribution in [0.15, 0.2) is 35.9 Å². The molecule has 1 aliphatic carbocycles. The Morgan fingerprint density at radius 3 is 1.92 bits per heavy atom. The van der Waals surface area contributed by atoms with Crippen LogP contribution in [0.4, 0.5) is 0 Å². The molecule has 0 N–H and O–H groups in total. The number of rotatable bonds is 5. The first kappa shape index (κ1) is 18.2. The predicted octanol–water partition coefficient (Wildman–Crippen LogP) is 4.91. The molecule has 4 nitrogen and oxygen atoms in total. The Hall–Kier alpha value is -2.62. The molecule has 2 atom stereocenters. The van der Waals surface area contributed by atoms with E-state index in [4.69, 9.17) is 18.9 Å². The van der Waals surface area contributed by atoms with Crippen LogP contribution in [0.3, 0.4) is 0 Å². The van der Waals surface area contributed by atoms with Crippen molar-refractivity contribution in [1.82, 2.24) is 0 Å². The molecule has 0 saturated carbocycles. The average molecular weight is 354 g/mol. The zero-order valence-corrected chi connectivity index (χ0v) is 16.3. The summed E-state index contributed by atoms with van der Waals surface area (Å²) in [5.74, 6) is 3.53. The van der Waals surface area contributed by atoms with Crippen LogP contribution in [0.1, 0.15) is 36.5 Å². The largest absolute Gasteiger partial charge is 0.493 e. The first-order valence-corrected chi connectivity index (χ1v) is 8.70. The lowest BCUT2D eigenvalue weighted by atomic mass is 9.72. The Bertz CT molecular complexity index is 838. The summed E-state index contributed by atoms with van der Waals surface area (Å²) in [5, 5.41) is 0. The van der Waals surface area contributed by atoms with Crippen molar-refractivity contribution in [2.24, 2.45) is 5.92 Å². The van der Waals surface area contributed by atoms with Crippen molar-refractivity contribution < 1.29 is 18.9 Å². The average Bonchev–Trinajstić information content (AvgIpc) is 2.67. The second-order valence-electron chi connectivity index (χ2n) is 6.61. The number of methoxy groups -OCH3 is 4. The minimum Gasteiger partial charge on any atom is -0.493 e. The molecule has 0 fully saturated rings. The lowest BCUT2D eigenvalue weighted by molar-refractivity contribution is 0.352. The number of hydrogen-bond acceptors (Lipinski definition) is 4. The Morgan fingerprint density at radius 2 is 1.31 bits per heavy atom. The van der Waals surface area contributed by atoms with Gasteiger partial charge in [0.25, 0.3) is 0 Å². The summed E-state index contributed by atoms with van der Waals surface area (Å²) in [6, 6.07) is 10.3. The molecule has 0 bridgehead atoms. The number of benzene rings is 2. The molecule has 138 valence electrons. The number of allylic oxidation sites excluding steroid dienone is 1. The van der Waals surface area contributed by atoms with Crippen molar-refractivity contribution in [2.45, 2.75) is 19.8 Å². The van der Waals surface area contributed by atoms with E-state index in [9.17, 15) is 0 Å². The third-order valence-electron chi connectivity index (χ3n) is 5.29. The number of hydrogen-bond donors (Lipinski definition) is 0. The van der Waals surface area contributed by atoms with Crippen molar-refractivity contribution in [3.8, 4) is 23.0 Å². The Kier molecular flexibility index (Phi) is 5.12. The van der Waals surface area contributed by atoms with Gasteiger partial charge in [0, 0.05) is 5.92 Å². The van der Waals surface area contributed by atoms with Crippen LogP contribution in [0.2, 0.25) is 0 Å². The van der Waals surface area contributed by atoms with Crippen molar-refractivity contribution in [3.05, 3.63) is 52.6 Å². The van der Waals surface area contributed by atoms with E-state index < -0.39 is 0 Å². The van der Waals surface area contributed by atoms with Crippen LogP contribution < -0.4 is 18.9 Å². The summed E-state index contributed by atoms with van der Waals surface area (Å²) in [6.45, 7) is 4.44. The summed E-state index contributed by atoms with van der Waals surface area (Å²) in [6.07, 6.45) is 2.24. The molecule has 3 rings (SSSR count). The van der Waals surface area contributed by atoms with Gasteiger partial charge in [0.05, 0.1) is 28.4 Å². The highest BCUT2D eigenvalue weighted by Gasteiger charge is 2.30. The van der Waals surface area contributed by atoms with Crippen molar-refractivity contribution in [1.29, 1.82) is 0 Å². The second-order valence-corrected chi connectivity index (χ2v) is 6.61. The fourth-order valence-corrected chi connectivity index (χ4v) is 3.73. The van der Waals surface area contributed by atoms with Crippen LogP contribution in [-0.4, -0.2) is 28.4 Å². The van der Waals surface area contributed by atoms with Gasteiger partial charge in [-0.25, -0.2) is 0 Å². The van der Waals surface area contributed by atoms with Gasteiger partial charge in [0.2, 0.25) is 0 Å². The van der Waals surface area contributed by atoms with E-state index in [0.29, 0.717) is 5.92 Å². The summed E-state index contributed by atoms with van der Waals surface area (Å²) in [4.78, 5) is 0. The zero-order chi connectivity index (χ0) is 18.8. The SMILES string of the molecule is COc1ccc(C2c3cc(OC)c(OC)cc3C=C(C)C2C)cc1OC. The topological polar surface area (TPSA) is 36.9 Å². The molecule has 0 heterocycles. The molecule has 2 aromatic rings. The van der Waals surface area contributed by atoms with Gasteiger partial charge in [-0.1, -0.05) is 24.6 Å². The summed E-state index contributed by atoms with van der Waals surface area (Å²) in [5.41, 5.74) is 4.92. The Labute approximate surface area is 155 Å². The van der Waals surface area contributed by atoms with Crippen molar-refractivity contribution >= 4 is 6.08 Å². The van der Waals surface area contributed by atoms with Crippen LogP contribution in [0, 0.1) is 5.92 Å². The molecule has 0 radical (unpaired) electrons. The van der Waals surface area contributed by atoms with E-state index in [1.54, 1.807) is 28.4 Å². The van der Waals surface area contributed by atoms with Crippen LogP contribution in [0.25, 0.3) is 6.08 Å². The third-order valence-corrected chi connectivity index (χ3v) is 5.29. The van der Waals surface area contributed by atoms with E-state index in [2.05, 4.69) is 44.2 Å². The molecule has 2 unspecified atom stereocenters. The van der Waals surface area contributed by atoms with Crippen LogP contribution >= 0.6 is 0 Å². The highest BCUT2D eigenvalue weighted by atomic mass is 16.5. The molecule has 4 heteroatoms. The van der Waals surface area contributed by atoms with Gasteiger partial charge in [0.1, 0.15) is 0 Å². The number of ether oxygens (including phenoxy) is 4. The fourth-order valence-electron chi connectivity index (χ4n) is 3.73. The lowest BCUT2D eigenvalue weighted by Crippen LogP contribution is -2.18. The summed E-state index contributed by atoms with van der Waals surface area (Å²) >= 11 is 0. The van der Waals surface area contributed by atoms with E-state index >= 15 is 0 Å². The lowest BCUT2D eigenvalue weighted by Gasteiger charge is -2.32. The molecule has 0 amide bonds. The van der Waals surface area contributed by atoms with E-state index in [1.807, 2.05) is 6.07 Å². The maximum Gasteiger partial charge on any atom is 0.161 e. The van der Waals surface area contributed by atoms with E-state index in [0.717, 1.165) is 28.6 Å². The van der Waals surface area contributed by atoms with Gasteiger partial charge in [-0.15, -0.1) is 0 Å². The summed E-state index contributed by atoms with van der Waals surface area (Å²) in [7, 11) is 6.65. The van der Waals surface area contributed by atoms with Crippen molar-refractivity contribution in [2.75, 3.05) is 28.4 Å². The standard InChI is InChI=1S/C22H26O4/c1-13-9-16-11-20(25-5)21(26-6)12-17(16)22(14(13)2)15-7-8-18(23-3)19(10-15)24-4/h7-12,14,22H,1-6H3. The highest BCUT2D eigenvalue weighted by molar-refractivity contribution is 5.67. The molecule has 26 heavy (non-hydrogen) atoms. The molecule has 0 saturated heterocycles. The minimum atomic E-state index is 0.203. The molecule has 0 spiro atoms. The predicted molar refractivity (Wildman–Crippen MR) is 104 cm³/mol. The molecule has 2 aromatic carbocycles. The smallest absolute Gasteiger partial charge is 0.161 e. The highest BCUT2D eigenvalue weighted by Crippen LogP contribution is 2.47. The van der Waals surface area contributed by atoms with Crippen LogP contribution in [0.5, 0.6) is 23.0 Å². The van der Waals surface area contributed by atoms with E-state index in [1.165, 1.54) is 16.7 Å². The van der Waals surface area contributed by atoms with Gasteiger partial charge in [0.15, 0.2) is 23.0 Å². The van der Waals surface area contributed by atoms with Gasteiger partial charge in [-0.3, -0.25) is 0 Å². The zero-order valence-electron chi connectivity index (χ0n) is 16.3. The van der Waals surface area contributed by atoms with Crippen LogP contribution in [-0.2, 0) is 0 Å². The molecular formula is C22H26O4. The van der Waals surface area contributed by atoms with Gasteiger partial charge in [-0.2, -0.15) is 0 Å². The first-order chi connectivity index (χ1) is 12.5. The molecule has 0 aromatic heterocycles. The Balaban J connectivity index is 2.18. The Morgan fingerprint density at radius 1 is 0.731 bits per heavy atom. The molecular weight excluding hydrogens is 328 g/mol. The quantitative estimate of drug-likeness (QED) is 0.765. The monoisotopic (exact) mass is 354 g/mol. The van der Waals surface area contributed by atoms with Crippen molar-refractivity contribution in [3.63, 3.8) is 0 Å².